The molecular formula is C15H20N2S. The second kappa shape index (κ2) is 4.06. The van der Waals surface area contributed by atoms with Crippen molar-refractivity contribution in [3.05, 3.63) is 15.6 Å². The second-order valence-electron chi connectivity index (χ2n) is 6.51. The molecule has 3 heteroatoms. The third kappa shape index (κ3) is 1.87. The van der Waals surface area contributed by atoms with Gasteiger partial charge >= 0.3 is 0 Å². The molecule has 0 atom stereocenters. The van der Waals surface area contributed by atoms with E-state index in [9.17, 15) is 5.26 Å². The number of aryl methyl sites for hydroxylation is 1. The Bertz CT molecular complexity index is 501. The molecule has 1 aromatic heterocycles. The molecule has 1 aromatic rings. The summed E-state index contributed by atoms with van der Waals surface area (Å²) in [6.07, 6.45) is 9.29. The van der Waals surface area contributed by atoms with Gasteiger partial charge in [-0.05, 0) is 51.4 Å². The van der Waals surface area contributed by atoms with Crippen molar-refractivity contribution in [2.75, 3.05) is 0 Å². The summed E-state index contributed by atoms with van der Waals surface area (Å²) in [5, 5.41) is 10.2. The normalized spacial score (nSPS) is 21.8. The van der Waals surface area contributed by atoms with Crippen LogP contribution in [0.3, 0.4) is 0 Å². The van der Waals surface area contributed by atoms with Crippen LogP contribution in [0.1, 0.15) is 61.5 Å². The van der Waals surface area contributed by atoms with Gasteiger partial charge in [0.05, 0.1) is 11.8 Å². The lowest BCUT2D eigenvalue weighted by Crippen LogP contribution is -2.24. The summed E-state index contributed by atoms with van der Waals surface area (Å²) in [4.78, 5) is 6.22. The highest BCUT2D eigenvalue weighted by molar-refractivity contribution is 7.12. The van der Waals surface area contributed by atoms with Crippen LogP contribution >= 0.6 is 11.3 Å². The molecular weight excluding hydrogens is 240 g/mol. The summed E-state index contributed by atoms with van der Waals surface area (Å²) in [6.45, 7) is 3.95. The smallest absolute Gasteiger partial charge is 0.113 e. The second-order valence-corrected chi connectivity index (χ2v) is 7.59. The Labute approximate surface area is 113 Å². The van der Waals surface area contributed by atoms with Gasteiger partial charge in [-0.3, -0.25) is 0 Å². The van der Waals surface area contributed by atoms with Gasteiger partial charge in [0.1, 0.15) is 10.4 Å². The van der Waals surface area contributed by atoms with Crippen molar-refractivity contribution in [3.8, 4) is 6.07 Å². The largest absolute Gasteiger partial charge is 0.244 e. The van der Waals surface area contributed by atoms with Crippen molar-refractivity contribution in [2.45, 2.75) is 64.2 Å². The minimum absolute atomic E-state index is 0.426. The number of hydrogen-bond donors (Lipinski definition) is 0. The molecule has 0 aliphatic heterocycles. The molecule has 2 nitrogen and oxygen atoms in total. The standard InChI is InChI=1S/C15H20N2S/c1-14(2,10-16)13-17-11-5-8-15(6-3-4-7-15)9-12(11)18-13/h3-9H2,1-2H3. The first kappa shape index (κ1) is 12.2. The molecule has 3 rings (SSSR count). The van der Waals surface area contributed by atoms with Crippen LogP contribution in [0.5, 0.6) is 0 Å². The van der Waals surface area contributed by atoms with Crippen molar-refractivity contribution < 1.29 is 0 Å². The minimum Gasteiger partial charge on any atom is -0.244 e. The Morgan fingerprint density at radius 1 is 1.28 bits per heavy atom. The molecule has 2 aliphatic rings. The van der Waals surface area contributed by atoms with Gasteiger partial charge in [-0.15, -0.1) is 11.3 Å². The van der Waals surface area contributed by atoms with E-state index in [4.69, 9.17) is 4.98 Å². The maximum Gasteiger partial charge on any atom is 0.113 e. The molecule has 0 N–H and O–H groups in total. The lowest BCUT2D eigenvalue weighted by atomic mass is 9.74. The summed E-state index contributed by atoms with van der Waals surface area (Å²) >= 11 is 1.79. The zero-order valence-corrected chi connectivity index (χ0v) is 12.1. The SMILES string of the molecule is CC(C)(C#N)c1nc2c(s1)CC1(CCCC1)CC2. The van der Waals surface area contributed by atoms with E-state index >= 15 is 0 Å². The first-order valence-corrected chi connectivity index (χ1v) is 7.77. The van der Waals surface area contributed by atoms with E-state index in [0.717, 1.165) is 11.4 Å². The molecule has 1 fully saturated rings. The van der Waals surface area contributed by atoms with Crippen molar-refractivity contribution in [1.82, 2.24) is 4.98 Å². The molecule has 0 radical (unpaired) electrons. The van der Waals surface area contributed by atoms with Crippen LogP contribution in [0.2, 0.25) is 0 Å². The number of aromatic nitrogens is 1. The van der Waals surface area contributed by atoms with Gasteiger partial charge in [0.25, 0.3) is 0 Å². The summed E-state index contributed by atoms with van der Waals surface area (Å²) < 4.78 is 0. The quantitative estimate of drug-likeness (QED) is 0.765. The van der Waals surface area contributed by atoms with Crippen LogP contribution in [0.4, 0.5) is 0 Å². The number of nitriles is 1. The molecule has 0 bridgehead atoms. The van der Waals surface area contributed by atoms with Crippen LogP contribution in [0.25, 0.3) is 0 Å². The van der Waals surface area contributed by atoms with Gasteiger partial charge in [0.15, 0.2) is 0 Å². The van der Waals surface area contributed by atoms with Gasteiger partial charge in [-0.1, -0.05) is 12.8 Å². The zero-order valence-electron chi connectivity index (χ0n) is 11.3. The molecule has 2 aliphatic carbocycles. The summed E-state index contributed by atoms with van der Waals surface area (Å²) in [5.74, 6) is 0. The van der Waals surface area contributed by atoms with E-state index in [0.29, 0.717) is 5.41 Å². The first-order valence-electron chi connectivity index (χ1n) is 6.95. The van der Waals surface area contributed by atoms with E-state index < -0.39 is 5.41 Å². The van der Waals surface area contributed by atoms with E-state index in [1.165, 1.54) is 49.1 Å². The molecule has 1 saturated carbocycles. The van der Waals surface area contributed by atoms with Crippen molar-refractivity contribution in [3.63, 3.8) is 0 Å². The van der Waals surface area contributed by atoms with E-state index in [1.54, 1.807) is 11.3 Å². The maximum absolute atomic E-state index is 9.23. The monoisotopic (exact) mass is 260 g/mol. The maximum atomic E-state index is 9.23. The van der Waals surface area contributed by atoms with Crippen LogP contribution in [0.15, 0.2) is 0 Å². The van der Waals surface area contributed by atoms with E-state index in [2.05, 4.69) is 6.07 Å². The predicted molar refractivity (Wildman–Crippen MR) is 73.7 cm³/mol. The summed E-state index contributed by atoms with van der Waals surface area (Å²) in [5.41, 5.74) is 1.45. The van der Waals surface area contributed by atoms with Crippen molar-refractivity contribution in [1.29, 1.82) is 5.26 Å². The highest BCUT2D eigenvalue weighted by Gasteiger charge is 2.39. The lowest BCUT2D eigenvalue weighted by molar-refractivity contribution is 0.256. The van der Waals surface area contributed by atoms with E-state index in [-0.39, 0.29) is 0 Å². The first-order chi connectivity index (χ1) is 8.55. The van der Waals surface area contributed by atoms with Crippen LogP contribution < -0.4 is 0 Å². The molecule has 0 unspecified atom stereocenters. The molecule has 0 saturated heterocycles. The third-order valence-electron chi connectivity index (χ3n) is 4.68. The Balaban J connectivity index is 1.91. The highest BCUT2D eigenvalue weighted by atomic mass is 32.1. The van der Waals surface area contributed by atoms with Crippen LogP contribution in [-0.4, -0.2) is 4.98 Å². The zero-order chi connectivity index (χ0) is 12.8. The van der Waals surface area contributed by atoms with Gasteiger partial charge in [-0.2, -0.15) is 5.26 Å². The lowest BCUT2D eigenvalue weighted by Gasteiger charge is -2.32. The van der Waals surface area contributed by atoms with Gasteiger partial charge in [0.2, 0.25) is 0 Å². The van der Waals surface area contributed by atoms with Crippen LogP contribution in [-0.2, 0) is 18.3 Å². The molecule has 18 heavy (non-hydrogen) atoms. The highest BCUT2D eigenvalue weighted by Crippen LogP contribution is 2.49. The molecule has 0 aromatic carbocycles. The third-order valence-corrected chi connectivity index (χ3v) is 6.11. The van der Waals surface area contributed by atoms with Gasteiger partial charge in [-0.25, -0.2) is 4.98 Å². The van der Waals surface area contributed by atoms with Crippen molar-refractivity contribution >= 4 is 11.3 Å². The Morgan fingerprint density at radius 2 is 2.00 bits per heavy atom. The summed E-state index contributed by atoms with van der Waals surface area (Å²) in [6, 6.07) is 2.38. The summed E-state index contributed by atoms with van der Waals surface area (Å²) in [7, 11) is 0. The van der Waals surface area contributed by atoms with Gasteiger partial charge < -0.3 is 0 Å². The molecule has 1 heterocycles. The minimum atomic E-state index is -0.426. The fraction of sp³-hybridized carbons (Fsp3) is 0.733. The fourth-order valence-corrected chi connectivity index (χ4v) is 4.73. The Hall–Kier alpha value is -0.880. The Kier molecular flexibility index (Phi) is 2.75. The molecule has 1 spiro atoms. The van der Waals surface area contributed by atoms with Crippen molar-refractivity contribution in [2.24, 2.45) is 5.41 Å². The number of nitrogens with zero attached hydrogens (tertiary/aromatic N) is 2. The number of rotatable bonds is 1. The Morgan fingerprint density at radius 3 is 2.67 bits per heavy atom. The van der Waals surface area contributed by atoms with Crippen LogP contribution in [0, 0.1) is 16.7 Å². The predicted octanol–water partition coefficient (Wildman–Crippen LogP) is 3.99. The average Bonchev–Trinajstić information content (AvgIpc) is 2.96. The molecule has 0 amide bonds. The number of thiazole rings is 1. The average molecular weight is 260 g/mol. The number of fused-ring (bicyclic) bond motifs is 1. The van der Waals surface area contributed by atoms with E-state index in [1.807, 2.05) is 13.8 Å². The number of hydrogen-bond acceptors (Lipinski definition) is 3. The van der Waals surface area contributed by atoms with Gasteiger partial charge in [0, 0.05) is 4.88 Å². The fourth-order valence-electron chi connectivity index (χ4n) is 3.40. The molecule has 96 valence electrons. The topological polar surface area (TPSA) is 36.7 Å².